The number of nitrogens with zero attached hydrogens (tertiary/aromatic N) is 1. The minimum Gasteiger partial charge on any atom is -0.448 e. The maximum absolute atomic E-state index is 11.3. The molecule has 0 aromatic rings. The Labute approximate surface area is 75.0 Å². The van der Waals surface area contributed by atoms with E-state index in [9.17, 15) is 4.79 Å². The molecule has 0 saturated carbocycles. The van der Waals surface area contributed by atoms with Crippen LogP contribution in [-0.2, 0) is 9.53 Å². The number of esters is 1. The average molecular weight is 187 g/mol. The number of carbonyl (C=O) groups is 1. The highest BCUT2D eigenvalue weighted by Gasteiger charge is 2.43. The van der Waals surface area contributed by atoms with Crippen LogP contribution in [0, 0.1) is 0 Å². The van der Waals surface area contributed by atoms with Crippen LogP contribution in [0.3, 0.4) is 0 Å². The lowest BCUT2D eigenvalue weighted by Crippen LogP contribution is -2.40. The molecule has 2 atom stereocenters. The molecule has 3 nitrogen and oxygen atoms in total. The number of hydrogen-bond donors (Lipinski definition) is 0. The van der Waals surface area contributed by atoms with Crippen molar-refractivity contribution in [2.45, 2.75) is 25.3 Å². The Balaban J connectivity index is 2.65. The molecule has 68 valence electrons. The molecule has 0 N–H and O–H groups in total. The molecule has 12 heavy (non-hydrogen) atoms. The smallest absolute Gasteiger partial charge is 0.327 e. The zero-order valence-electron chi connectivity index (χ0n) is 7.25. The lowest BCUT2D eigenvalue weighted by Gasteiger charge is -2.25. The second-order valence-corrected chi connectivity index (χ2v) is 3.76. The fraction of sp³-hybridized carbons (Fsp3) is 0.625. The Morgan fingerprint density at radius 3 is 3.00 bits per heavy atom. The van der Waals surface area contributed by atoms with E-state index in [1.54, 1.807) is 0 Å². The van der Waals surface area contributed by atoms with Crippen LogP contribution in [0.2, 0.25) is 0 Å². The Bertz CT molecular complexity index is 207. The second-order valence-electron chi connectivity index (χ2n) is 3.13. The maximum Gasteiger partial charge on any atom is 0.327 e. The first-order chi connectivity index (χ1) is 5.61. The summed E-state index contributed by atoms with van der Waals surface area (Å²) in [5.41, 5.74) is -0.473. The summed E-state index contributed by atoms with van der Waals surface area (Å²) in [6.45, 7) is 5.89. The van der Waals surface area contributed by atoms with E-state index in [2.05, 4.69) is 16.0 Å². The van der Waals surface area contributed by atoms with Crippen LogP contribution in [0.15, 0.2) is 12.7 Å². The van der Waals surface area contributed by atoms with Crippen LogP contribution in [0.25, 0.3) is 0 Å². The first-order valence-corrected chi connectivity index (χ1v) is 4.43. The number of ether oxygens (including phenoxy) is 1. The molecule has 1 aliphatic rings. The summed E-state index contributed by atoms with van der Waals surface area (Å²) in [6, 6.07) is 0. The number of carbonyl (C=O) groups excluding carboxylic acids is 1. The van der Waals surface area contributed by atoms with Crippen molar-refractivity contribution in [2.75, 3.05) is 6.73 Å². The molecule has 1 saturated heterocycles. The van der Waals surface area contributed by atoms with Crippen LogP contribution in [-0.4, -0.2) is 22.9 Å². The molecular weight excluding hydrogens is 173 g/mol. The normalized spacial score (nSPS) is 30.3. The van der Waals surface area contributed by atoms with Crippen molar-refractivity contribution in [3.63, 3.8) is 0 Å². The lowest BCUT2D eigenvalue weighted by molar-refractivity contribution is -0.142. The van der Waals surface area contributed by atoms with Gasteiger partial charge in [0.1, 0.15) is 12.3 Å². The Hall–Kier alpha value is -0.400. The molecule has 1 aliphatic heterocycles. The highest BCUT2D eigenvalue weighted by Crippen LogP contribution is 2.31. The van der Waals surface area contributed by atoms with Gasteiger partial charge < -0.3 is 4.74 Å². The molecule has 0 aromatic heterocycles. The summed E-state index contributed by atoms with van der Waals surface area (Å²) >= 11 is 0. The van der Waals surface area contributed by atoms with Gasteiger partial charge in [0.25, 0.3) is 0 Å². The number of allylic oxidation sites excluding steroid dienone is 1. The third-order valence-electron chi connectivity index (χ3n) is 2.24. The Morgan fingerprint density at radius 1 is 1.92 bits per heavy atom. The fourth-order valence-electron chi connectivity index (χ4n) is 1.17. The molecule has 0 bridgehead atoms. The van der Waals surface area contributed by atoms with E-state index in [1.807, 2.05) is 17.7 Å². The largest absolute Gasteiger partial charge is 0.448 e. The molecule has 2 unspecified atom stereocenters. The number of hydrogen-bond acceptors (Lipinski definition) is 3. The molecule has 0 spiro atoms. The van der Waals surface area contributed by atoms with Gasteiger partial charge in [-0.15, -0.1) is 6.58 Å². The second kappa shape index (κ2) is 3.55. The molecule has 4 heteroatoms. The highest BCUT2D eigenvalue weighted by molar-refractivity contribution is 7.13. The van der Waals surface area contributed by atoms with Crippen LogP contribution < -0.4 is 0 Å². The third-order valence-corrected chi connectivity index (χ3v) is 2.96. The molecule has 0 aliphatic carbocycles. The van der Waals surface area contributed by atoms with Gasteiger partial charge in [0.2, 0.25) is 0 Å². The van der Waals surface area contributed by atoms with Gasteiger partial charge in [-0.05, 0) is 19.8 Å². The molecule has 1 heterocycles. The Morgan fingerprint density at radius 2 is 2.58 bits per heavy atom. The molecule has 1 fully saturated rings. The first kappa shape index (κ1) is 9.69. The van der Waals surface area contributed by atoms with Crippen molar-refractivity contribution in [1.29, 1.82) is 0 Å². The van der Waals surface area contributed by atoms with Gasteiger partial charge in [-0.3, -0.25) is 0 Å². The Kier molecular flexibility index (Phi) is 2.86. The molecule has 0 radical (unpaired) electrons. The third kappa shape index (κ3) is 1.52. The quantitative estimate of drug-likeness (QED) is 0.379. The van der Waals surface area contributed by atoms with Gasteiger partial charge in [0.15, 0.2) is 0 Å². The van der Waals surface area contributed by atoms with Crippen molar-refractivity contribution >= 4 is 15.4 Å². The SMILES string of the molecule is C=CCCC1(C)C(=O)OCN1P. The van der Waals surface area contributed by atoms with E-state index >= 15 is 0 Å². The van der Waals surface area contributed by atoms with Crippen LogP contribution in [0.4, 0.5) is 0 Å². The highest BCUT2D eigenvalue weighted by atomic mass is 31.0. The topological polar surface area (TPSA) is 29.5 Å². The summed E-state index contributed by atoms with van der Waals surface area (Å²) in [6.07, 6.45) is 3.41. The first-order valence-electron chi connectivity index (χ1n) is 3.92. The fourth-order valence-corrected chi connectivity index (χ4v) is 1.48. The predicted molar refractivity (Wildman–Crippen MR) is 50.3 cm³/mol. The van der Waals surface area contributed by atoms with Gasteiger partial charge >= 0.3 is 5.97 Å². The van der Waals surface area contributed by atoms with E-state index in [4.69, 9.17) is 4.74 Å². The van der Waals surface area contributed by atoms with E-state index in [0.29, 0.717) is 6.73 Å². The summed E-state index contributed by atoms with van der Waals surface area (Å²) in [4.78, 5) is 11.3. The zero-order valence-corrected chi connectivity index (χ0v) is 8.40. The monoisotopic (exact) mass is 187 g/mol. The van der Waals surface area contributed by atoms with E-state index in [0.717, 1.165) is 12.8 Å². The molecule has 0 aromatic carbocycles. The van der Waals surface area contributed by atoms with Crippen LogP contribution in [0.1, 0.15) is 19.8 Å². The van der Waals surface area contributed by atoms with E-state index in [-0.39, 0.29) is 5.97 Å². The summed E-state index contributed by atoms with van der Waals surface area (Å²) in [5.74, 6) is -0.139. The summed E-state index contributed by atoms with van der Waals surface area (Å²) in [5, 5.41) is 0. The van der Waals surface area contributed by atoms with Gasteiger partial charge in [0, 0.05) is 0 Å². The van der Waals surface area contributed by atoms with Crippen molar-refractivity contribution in [1.82, 2.24) is 4.67 Å². The predicted octanol–water partition coefficient (Wildman–Crippen LogP) is 1.32. The van der Waals surface area contributed by atoms with E-state index < -0.39 is 5.54 Å². The molecule has 0 amide bonds. The minimum absolute atomic E-state index is 0.139. The van der Waals surface area contributed by atoms with Gasteiger partial charge in [-0.1, -0.05) is 15.5 Å². The van der Waals surface area contributed by atoms with Crippen molar-refractivity contribution < 1.29 is 9.53 Å². The van der Waals surface area contributed by atoms with Crippen molar-refractivity contribution in [2.24, 2.45) is 0 Å². The molecule has 1 rings (SSSR count). The molecular formula is C8H14NO2P. The van der Waals surface area contributed by atoms with Gasteiger partial charge in [0.05, 0.1) is 0 Å². The minimum atomic E-state index is -0.473. The van der Waals surface area contributed by atoms with Crippen molar-refractivity contribution in [3.8, 4) is 0 Å². The standard InChI is InChI=1S/C8H14NO2P/c1-3-4-5-8(2)7(10)11-6-9(8)12/h3H,1,4-6,12H2,2H3. The van der Waals surface area contributed by atoms with Gasteiger partial charge in [-0.2, -0.15) is 0 Å². The lowest BCUT2D eigenvalue weighted by atomic mass is 9.97. The van der Waals surface area contributed by atoms with Crippen molar-refractivity contribution in [3.05, 3.63) is 12.7 Å². The maximum atomic E-state index is 11.3. The zero-order chi connectivity index (χ0) is 9.19. The average Bonchev–Trinajstić information content (AvgIpc) is 2.30. The summed E-state index contributed by atoms with van der Waals surface area (Å²) in [7, 11) is 2.51. The number of rotatable bonds is 3. The number of cyclic esters (lactones) is 1. The van der Waals surface area contributed by atoms with Crippen LogP contribution >= 0.6 is 9.39 Å². The summed E-state index contributed by atoms with van der Waals surface area (Å²) < 4.78 is 6.76. The van der Waals surface area contributed by atoms with Crippen LogP contribution in [0.5, 0.6) is 0 Å². The van der Waals surface area contributed by atoms with E-state index in [1.165, 1.54) is 0 Å². The van der Waals surface area contributed by atoms with Gasteiger partial charge in [-0.25, -0.2) is 9.46 Å².